The van der Waals surface area contributed by atoms with Crippen molar-refractivity contribution in [1.82, 2.24) is 0 Å². The van der Waals surface area contributed by atoms with Gasteiger partial charge in [0, 0.05) is 12.7 Å². The van der Waals surface area contributed by atoms with Crippen molar-refractivity contribution in [3.8, 4) is 0 Å². The van der Waals surface area contributed by atoms with Crippen molar-refractivity contribution in [3.63, 3.8) is 0 Å². The summed E-state index contributed by atoms with van der Waals surface area (Å²) in [4.78, 5) is 3.34. The summed E-state index contributed by atoms with van der Waals surface area (Å²) < 4.78 is 23.9. The molecule has 0 aliphatic rings. The molecule has 0 bridgehead atoms. The van der Waals surface area contributed by atoms with E-state index in [4.69, 9.17) is 5.73 Å². The van der Waals surface area contributed by atoms with E-state index in [2.05, 4.69) is 11.6 Å². The number of hydrogen-bond donors (Lipinski definition) is 1. The van der Waals surface area contributed by atoms with Crippen LogP contribution in [0.5, 0.6) is 0 Å². The molecule has 0 spiro atoms. The zero-order chi connectivity index (χ0) is 8.85. The molecular weight excluding hydrogens is 150 g/mol. The largest absolute Gasteiger partial charge is 0.399 e. The Balaban J connectivity index is 4.44. The molecule has 0 rings (SSSR count). The Kier molecular flexibility index (Phi) is 4.10. The molecule has 0 aromatic rings. The van der Waals surface area contributed by atoms with Gasteiger partial charge in [-0.15, -0.1) is 0 Å². The molecule has 0 unspecified atom stereocenters. The van der Waals surface area contributed by atoms with Gasteiger partial charge < -0.3 is 5.73 Å². The number of halogens is 2. The highest BCUT2D eigenvalue weighted by atomic mass is 19.3. The van der Waals surface area contributed by atoms with Crippen LogP contribution in [0.3, 0.4) is 0 Å². The van der Waals surface area contributed by atoms with Crippen molar-refractivity contribution < 1.29 is 8.78 Å². The van der Waals surface area contributed by atoms with Crippen LogP contribution in [-0.2, 0) is 0 Å². The lowest BCUT2D eigenvalue weighted by atomic mass is 10.3. The van der Waals surface area contributed by atoms with E-state index in [-0.39, 0.29) is 11.4 Å². The molecule has 0 aromatic heterocycles. The molecule has 0 radical (unpaired) electrons. The molecule has 0 aliphatic carbocycles. The standard InChI is InChI=1S/C7H10F2N2/c1-3-5(10)4-6(11-2)7(8)9/h3-4,7H,1,10H2,2H3/b5-4+,11-6?. The first-order chi connectivity index (χ1) is 5.11. The molecule has 0 fully saturated rings. The second kappa shape index (κ2) is 4.60. The average Bonchev–Trinajstić information content (AvgIpc) is 1.99. The van der Waals surface area contributed by atoms with Gasteiger partial charge in [0.15, 0.2) is 0 Å². The van der Waals surface area contributed by atoms with Crippen molar-refractivity contribution >= 4 is 5.71 Å². The summed E-state index contributed by atoms with van der Waals surface area (Å²) in [6.45, 7) is 3.31. The van der Waals surface area contributed by atoms with Gasteiger partial charge in [-0.1, -0.05) is 6.58 Å². The van der Waals surface area contributed by atoms with Crippen molar-refractivity contribution in [2.24, 2.45) is 10.7 Å². The first-order valence-corrected chi connectivity index (χ1v) is 2.96. The van der Waals surface area contributed by atoms with Gasteiger partial charge in [0.1, 0.15) is 5.71 Å². The Labute approximate surface area is 64.1 Å². The minimum Gasteiger partial charge on any atom is -0.399 e. The van der Waals surface area contributed by atoms with E-state index in [0.29, 0.717) is 0 Å². The number of aliphatic imine (C=N–C) groups is 1. The smallest absolute Gasteiger partial charge is 0.279 e. The van der Waals surface area contributed by atoms with Crippen LogP contribution < -0.4 is 5.73 Å². The third-order valence-corrected chi connectivity index (χ3v) is 1.03. The normalized spacial score (nSPS) is 13.8. The first-order valence-electron chi connectivity index (χ1n) is 2.96. The topological polar surface area (TPSA) is 38.4 Å². The van der Waals surface area contributed by atoms with Crippen LogP contribution >= 0.6 is 0 Å². The highest BCUT2D eigenvalue weighted by Crippen LogP contribution is 1.99. The maximum Gasteiger partial charge on any atom is 0.279 e. The van der Waals surface area contributed by atoms with E-state index >= 15 is 0 Å². The molecule has 0 aliphatic heterocycles. The summed E-state index contributed by atoms with van der Waals surface area (Å²) >= 11 is 0. The number of alkyl halides is 2. The second-order valence-electron chi connectivity index (χ2n) is 1.80. The van der Waals surface area contributed by atoms with E-state index < -0.39 is 6.43 Å². The van der Waals surface area contributed by atoms with Gasteiger partial charge in [-0.3, -0.25) is 4.99 Å². The Bertz CT molecular complexity index is 195. The summed E-state index contributed by atoms with van der Waals surface area (Å²) in [5, 5.41) is 0. The number of allylic oxidation sites excluding steroid dienone is 2. The third kappa shape index (κ3) is 3.50. The summed E-state index contributed by atoms with van der Waals surface area (Å²) in [5.74, 6) is 0. The number of hydrogen-bond acceptors (Lipinski definition) is 2. The lowest BCUT2D eigenvalue weighted by Gasteiger charge is -1.97. The summed E-state index contributed by atoms with van der Waals surface area (Å²) in [7, 11) is 1.29. The van der Waals surface area contributed by atoms with Crippen molar-refractivity contribution in [1.29, 1.82) is 0 Å². The molecule has 0 saturated carbocycles. The average molecular weight is 160 g/mol. The van der Waals surface area contributed by atoms with Gasteiger partial charge in [-0.05, 0) is 12.2 Å². The fourth-order valence-electron chi connectivity index (χ4n) is 0.455. The summed E-state index contributed by atoms with van der Waals surface area (Å²) in [6.07, 6.45) is -0.205. The fraction of sp³-hybridized carbons (Fsp3) is 0.286. The van der Waals surface area contributed by atoms with Crippen LogP contribution in [-0.4, -0.2) is 19.2 Å². The van der Waals surface area contributed by atoms with E-state index in [1.54, 1.807) is 0 Å². The molecule has 62 valence electrons. The van der Waals surface area contributed by atoms with E-state index in [0.717, 1.165) is 6.08 Å². The number of nitrogens with two attached hydrogens (primary N) is 1. The Morgan fingerprint density at radius 1 is 1.64 bits per heavy atom. The van der Waals surface area contributed by atoms with Gasteiger partial charge >= 0.3 is 0 Å². The maximum absolute atomic E-state index is 11.9. The molecule has 2 N–H and O–H groups in total. The van der Waals surface area contributed by atoms with Crippen LogP contribution in [0.4, 0.5) is 8.78 Å². The lowest BCUT2D eigenvalue weighted by molar-refractivity contribution is 0.226. The van der Waals surface area contributed by atoms with Gasteiger partial charge in [0.05, 0.1) is 0 Å². The third-order valence-electron chi connectivity index (χ3n) is 1.03. The van der Waals surface area contributed by atoms with Crippen LogP contribution in [0.15, 0.2) is 29.4 Å². The van der Waals surface area contributed by atoms with Crippen molar-refractivity contribution in [2.75, 3.05) is 7.05 Å². The van der Waals surface area contributed by atoms with Crippen LogP contribution in [0.2, 0.25) is 0 Å². The lowest BCUT2D eigenvalue weighted by Crippen LogP contribution is -2.09. The van der Waals surface area contributed by atoms with Crippen LogP contribution in [0.1, 0.15) is 0 Å². The molecule has 0 saturated heterocycles. The Hall–Kier alpha value is -1.19. The zero-order valence-electron chi connectivity index (χ0n) is 6.22. The SMILES string of the molecule is C=C/C(N)=C\C(=NC)C(F)F. The van der Waals surface area contributed by atoms with Crippen LogP contribution in [0, 0.1) is 0 Å². The minimum absolute atomic E-state index is 0.186. The van der Waals surface area contributed by atoms with E-state index in [9.17, 15) is 8.78 Å². The van der Waals surface area contributed by atoms with Crippen molar-refractivity contribution in [3.05, 3.63) is 24.4 Å². The first kappa shape index (κ1) is 9.81. The Morgan fingerprint density at radius 2 is 2.18 bits per heavy atom. The quantitative estimate of drug-likeness (QED) is 0.491. The molecule has 0 atom stereocenters. The minimum atomic E-state index is -2.58. The molecule has 0 heterocycles. The molecule has 2 nitrogen and oxygen atoms in total. The van der Waals surface area contributed by atoms with E-state index in [1.165, 1.54) is 13.1 Å². The van der Waals surface area contributed by atoms with Gasteiger partial charge in [-0.25, -0.2) is 8.78 Å². The zero-order valence-corrected chi connectivity index (χ0v) is 6.22. The highest BCUT2D eigenvalue weighted by Gasteiger charge is 2.08. The second-order valence-corrected chi connectivity index (χ2v) is 1.80. The number of rotatable bonds is 3. The molecule has 4 heteroatoms. The summed E-state index contributed by atoms with van der Waals surface area (Å²) in [5.41, 5.74) is 5.07. The molecule has 0 aromatic carbocycles. The highest BCUT2D eigenvalue weighted by molar-refractivity contribution is 5.98. The molecule has 11 heavy (non-hydrogen) atoms. The maximum atomic E-state index is 11.9. The van der Waals surface area contributed by atoms with Crippen LogP contribution in [0.25, 0.3) is 0 Å². The summed E-state index contributed by atoms with van der Waals surface area (Å²) in [6, 6.07) is 0. The van der Waals surface area contributed by atoms with Gasteiger partial charge in [0.2, 0.25) is 0 Å². The molecule has 0 amide bonds. The number of nitrogens with zero attached hydrogens (tertiary/aromatic N) is 1. The van der Waals surface area contributed by atoms with Gasteiger partial charge in [-0.2, -0.15) is 0 Å². The van der Waals surface area contributed by atoms with E-state index in [1.807, 2.05) is 0 Å². The predicted octanol–water partition coefficient (Wildman–Crippen LogP) is 1.35. The van der Waals surface area contributed by atoms with Gasteiger partial charge in [0.25, 0.3) is 6.43 Å². The van der Waals surface area contributed by atoms with Crippen molar-refractivity contribution in [2.45, 2.75) is 6.43 Å². The monoisotopic (exact) mass is 160 g/mol. The fourth-order valence-corrected chi connectivity index (χ4v) is 0.455. The predicted molar refractivity (Wildman–Crippen MR) is 41.8 cm³/mol. The Morgan fingerprint density at radius 3 is 2.45 bits per heavy atom. The molecular formula is C7H10F2N2.